The van der Waals surface area contributed by atoms with E-state index in [1.807, 2.05) is 6.08 Å². The molecule has 1 aliphatic rings. The van der Waals surface area contributed by atoms with Gasteiger partial charge in [-0.15, -0.1) is 6.58 Å². The number of benzene rings is 2. The molecule has 29 heavy (non-hydrogen) atoms. The van der Waals surface area contributed by atoms with Crippen molar-refractivity contribution in [3.05, 3.63) is 84.5 Å². The quantitative estimate of drug-likeness (QED) is 0.298. The fraction of sp³-hybridized carbons (Fsp3) is 0.429. The van der Waals surface area contributed by atoms with E-state index in [2.05, 4.69) is 74.2 Å². The first kappa shape index (κ1) is 21.6. The third-order valence-electron chi connectivity index (χ3n) is 6.17. The largest absolute Gasteiger partial charge is 0.376 e. The lowest BCUT2D eigenvalue weighted by Gasteiger charge is -2.26. The van der Waals surface area contributed by atoms with Crippen LogP contribution in [0.3, 0.4) is 0 Å². The summed E-state index contributed by atoms with van der Waals surface area (Å²) >= 11 is 0. The first-order valence-electron chi connectivity index (χ1n) is 11.3. The maximum atomic E-state index is 5.64. The van der Waals surface area contributed by atoms with Gasteiger partial charge in [-0.3, -0.25) is 0 Å². The van der Waals surface area contributed by atoms with E-state index in [-0.39, 0.29) is 0 Å². The zero-order valence-corrected chi connectivity index (χ0v) is 18.0. The fourth-order valence-electron chi connectivity index (χ4n) is 4.33. The average Bonchev–Trinajstić information content (AvgIpc) is 2.77. The molecule has 0 bridgehead atoms. The topological polar surface area (TPSA) is 9.23 Å². The normalized spacial score (nSPS) is 19.5. The van der Waals surface area contributed by atoms with Gasteiger partial charge in [0.05, 0.1) is 13.2 Å². The zero-order valence-electron chi connectivity index (χ0n) is 18.0. The third-order valence-corrected chi connectivity index (χ3v) is 6.17. The van der Waals surface area contributed by atoms with E-state index in [0.717, 1.165) is 24.9 Å². The van der Waals surface area contributed by atoms with E-state index in [9.17, 15) is 0 Å². The lowest BCUT2D eigenvalue weighted by Crippen LogP contribution is -2.13. The van der Waals surface area contributed by atoms with Gasteiger partial charge in [-0.05, 0) is 86.0 Å². The van der Waals surface area contributed by atoms with Crippen LogP contribution in [-0.2, 0) is 17.8 Å². The van der Waals surface area contributed by atoms with Crippen LogP contribution >= 0.6 is 0 Å². The lowest BCUT2D eigenvalue weighted by atomic mass is 9.79. The molecule has 0 heterocycles. The van der Waals surface area contributed by atoms with Crippen molar-refractivity contribution in [1.82, 2.24) is 0 Å². The van der Waals surface area contributed by atoms with Gasteiger partial charge in [-0.2, -0.15) is 0 Å². The Bertz CT molecular complexity index is 746. The smallest absolute Gasteiger partial charge is 0.0717 e. The second-order valence-corrected chi connectivity index (χ2v) is 8.37. The van der Waals surface area contributed by atoms with Gasteiger partial charge in [0.15, 0.2) is 0 Å². The molecule has 2 aromatic carbocycles. The number of hydrogen-bond acceptors (Lipinski definition) is 1. The Hall–Kier alpha value is -2.12. The summed E-state index contributed by atoms with van der Waals surface area (Å²) in [6.45, 7) is 7.27. The number of ether oxygens (including phenoxy) is 1. The highest BCUT2D eigenvalue weighted by Crippen LogP contribution is 2.32. The van der Waals surface area contributed by atoms with Crippen molar-refractivity contribution >= 4 is 0 Å². The molecule has 0 aliphatic heterocycles. The minimum atomic E-state index is 0.670. The molecule has 2 aromatic rings. The first-order valence-corrected chi connectivity index (χ1v) is 11.3. The monoisotopic (exact) mass is 388 g/mol. The first-order chi connectivity index (χ1) is 14.3. The van der Waals surface area contributed by atoms with Gasteiger partial charge >= 0.3 is 0 Å². The Morgan fingerprint density at radius 2 is 1.52 bits per heavy atom. The highest BCUT2D eigenvalue weighted by atomic mass is 16.5. The van der Waals surface area contributed by atoms with Crippen LogP contribution in [0.4, 0.5) is 0 Å². The van der Waals surface area contributed by atoms with Gasteiger partial charge in [0.25, 0.3) is 0 Å². The number of hydrogen-bond donors (Lipinski definition) is 0. The Kier molecular flexibility index (Phi) is 8.77. The molecule has 0 unspecified atom stereocenters. The van der Waals surface area contributed by atoms with E-state index in [4.69, 9.17) is 4.74 Å². The molecule has 0 radical (unpaired) electrons. The summed E-state index contributed by atoms with van der Waals surface area (Å²) in [6, 6.07) is 17.9. The summed E-state index contributed by atoms with van der Waals surface area (Å²) in [5, 5.41) is 0. The van der Waals surface area contributed by atoms with Crippen molar-refractivity contribution in [1.29, 1.82) is 0 Å². The zero-order chi connectivity index (χ0) is 20.3. The molecule has 1 heteroatoms. The van der Waals surface area contributed by atoms with Crippen molar-refractivity contribution < 1.29 is 4.74 Å². The molecule has 0 aromatic heterocycles. The lowest BCUT2D eigenvalue weighted by molar-refractivity contribution is 0.125. The van der Waals surface area contributed by atoms with Crippen molar-refractivity contribution in [3.63, 3.8) is 0 Å². The average molecular weight is 389 g/mol. The van der Waals surface area contributed by atoms with Crippen LogP contribution in [0.1, 0.15) is 56.6 Å². The minimum absolute atomic E-state index is 0.670. The van der Waals surface area contributed by atoms with Crippen molar-refractivity contribution in [2.75, 3.05) is 6.61 Å². The van der Waals surface area contributed by atoms with E-state index in [1.54, 1.807) is 0 Å². The molecule has 1 aliphatic carbocycles. The van der Waals surface area contributed by atoms with Crippen LogP contribution in [0, 0.1) is 11.8 Å². The molecule has 1 nitrogen and oxygen atoms in total. The van der Waals surface area contributed by atoms with E-state index in [1.165, 1.54) is 60.8 Å². The molecular weight excluding hydrogens is 352 g/mol. The van der Waals surface area contributed by atoms with Gasteiger partial charge in [-0.1, -0.05) is 66.8 Å². The summed E-state index contributed by atoms with van der Waals surface area (Å²) in [5.41, 5.74) is 5.25. The van der Waals surface area contributed by atoms with Gasteiger partial charge in [-0.25, -0.2) is 0 Å². The van der Waals surface area contributed by atoms with Crippen LogP contribution in [0.15, 0.2) is 73.3 Å². The summed E-state index contributed by atoms with van der Waals surface area (Å²) in [5.74, 6) is 1.75. The summed E-state index contributed by atoms with van der Waals surface area (Å²) in [4.78, 5) is 0. The molecule has 1 saturated carbocycles. The second kappa shape index (κ2) is 11.8. The van der Waals surface area contributed by atoms with Gasteiger partial charge in [0.1, 0.15) is 0 Å². The molecule has 154 valence electrons. The SMILES string of the molecule is C=CCCOCc1ccc(-c2ccc(CCC3CCC(/C=C/C)CC3)cc2)cc1. The van der Waals surface area contributed by atoms with Gasteiger partial charge in [0, 0.05) is 0 Å². The second-order valence-electron chi connectivity index (χ2n) is 8.37. The molecule has 0 spiro atoms. The predicted octanol–water partition coefficient (Wildman–Crippen LogP) is 7.76. The van der Waals surface area contributed by atoms with Crippen LogP contribution in [-0.4, -0.2) is 6.61 Å². The standard InChI is InChI=1S/C28H36O/c1-3-5-21-29-22-26-15-19-28(20-16-26)27-17-13-25(14-18-27)12-11-24-9-7-23(6-4-2)8-10-24/h3-4,6,13-20,23-24H,1,5,7-12,21-22H2,2H3/b6-4+. The minimum Gasteiger partial charge on any atom is -0.376 e. The molecule has 0 N–H and O–H groups in total. The molecule has 1 fully saturated rings. The molecule has 0 saturated heterocycles. The molecule has 0 amide bonds. The Morgan fingerprint density at radius 1 is 0.897 bits per heavy atom. The fourth-order valence-corrected chi connectivity index (χ4v) is 4.33. The third kappa shape index (κ3) is 7.01. The van der Waals surface area contributed by atoms with Crippen molar-refractivity contribution in [3.8, 4) is 11.1 Å². The van der Waals surface area contributed by atoms with E-state index < -0.39 is 0 Å². The van der Waals surface area contributed by atoms with Crippen molar-refractivity contribution in [2.24, 2.45) is 11.8 Å². The van der Waals surface area contributed by atoms with E-state index >= 15 is 0 Å². The van der Waals surface area contributed by atoms with Crippen LogP contribution in [0.25, 0.3) is 11.1 Å². The number of rotatable bonds is 10. The Balaban J connectivity index is 1.45. The van der Waals surface area contributed by atoms with Crippen LogP contribution in [0.5, 0.6) is 0 Å². The van der Waals surface area contributed by atoms with Crippen molar-refractivity contribution in [2.45, 2.75) is 58.5 Å². The highest BCUT2D eigenvalue weighted by molar-refractivity contribution is 5.63. The van der Waals surface area contributed by atoms with E-state index in [0.29, 0.717) is 6.61 Å². The predicted molar refractivity (Wildman–Crippen MR) is 125 cm³/mol. The summed E-state index contributed by atoms with van der Waals surface area (Å²) in [7, 11) is 0. The molecule has 3 rings (SSSR count). The van der Waals surface area contributed by atoms with Gasteiger partial charge < -0.3 is 4.74 Å². The summed E-state index contributed by atoms with van der Waals surface area (Å²) in [6.07, 6.45) is 15.5. The Morgan fingerprint density at radius 3 is 2.10 bits per heavy atom. The van der Waals surface area contributed by atoms with Crippen LogP contribution < -0.4 is 0 Å². The maximum absolute atomic E-state index is 5.64. The van der Waals surface area contributed by atoms with Gasteiger partial charge in [0.2, 0.25) is 0 Å². The summed E-state index contributed by atoms with van der Waals surface area (Å²) < 4.78 is 5.64. The number of allylic oxidation sites excluding steroid dienone is 2. The number of aryl methyl sites for hydroxylation is 1. The Labute approximate surface area is 177 Å². The molecular formula is C28H36O. The van der Waals surface area contributed by atoms with Crippen LogP contribution in [0.2, 0.25) is 0 Å². The highest BCUT2D eigenvalue weighted by Gasteiger charge is 2.19. The maximum Gasteiger partial charge on any atom is 0.0717 e. The molecule has 0 atom stereocenters.